The van der Waals surface area contributed by atoms with Crippen molar-refractivity contribution in [1.82, 2.24) is 5.32 Å². The molecule has 0 aliphatic rings. The molecule has 2 aromatic rings. The van der Waals surface area contributed by atoms with E-state index in [-0.39, 0.29) is 11.5 Å². The Labute approximate surface area is 142 Å². The topological polar surface area (TPSA) is 73.9 Å². The molecule has 2 rings (SSSR count). The predicted molar refractivity (Wildman–Crippen MR) is 87.7 cm³/mol. The molecule has 0 saturated heterocycles. The van der Waals surface area contributed by atoms with Crippen LogP contribution in [0.5, 0.6) is 0 Å². The van der Waals surface area contributed by atoms with Crippen LogP contribution in [0.4, 0.5) is 4.39 Å². The standard InChI is InChI=1S/C16H18FNO5S/c1-21-7-6-18-13(19)9-23-16(20)15-10(8-22-2)14-11(17)4-3-5-12(14)24-15/h3-5H,6-9H2,1-2H3,(H,18,19). The van der Waals surface area contributed by atoms with Crippen LogP contribution in [0.1, 0.15) is 15.2 Å². The smallest absolute Gasteiger partial charge is 0.349 e. The molecule has 0 atom stereocenters. The first kappa shape index (κ1) is 18.3. The first-order chi connectivity index (χ1) is 11.6. The van der Waals surface area contributed by atoms with Crippen LogP contribution in [-0.4, -0.2) is 45.9 Å². The third-order valence-electron chi connectivity index (χ3n) is 3.20. The van der Waals surface area contributed by atoms with Gasteiger partial charge >= 0.3 is 5.97 Å². The van der Waals surface area contributed by atoms with Crippen LogP contribution < -0.4 is 5.32 Å². The van der Waals surface area contributed by atoms with Crippen LogP contribution in [0, 0.1) is 5.82 Å². The van der Waals surface area contributed by atoms with Gasteiger partial charge in [0.2, 0.25) is 0 Å². The number of carbonyl (C=O) groups excluding carboxylic acids is 2. The minimum absolute atomic E-state index is 0.0748. The van der Waals surface area contributed by atoms with E-state index in [1.807, 2.05) is 0 Å². The molecule has 0 saturated carbocycles. The number of methoxy groups -OCH3 is 2. The quantitative estimate of drug-likeness (QED) is 0.580. The van der Waals surface area contributed by atoms with E-state index in [1.54, 1.807) is 12.1 Å². The van der Waals surface area contributed by atoms with Crippen molar-refractivity contribution < 1.29 is 28.2 Å². The van der Waals surface area contributed by atoms with Gasteiger partial charge in [0.25, 0.3) is 5.91 Å². The second-order valence-electron chi connectivity index (χ2n) is 4.87. The van der Waals surface area contributed by atoms with Gasteiger partial charge in [0, 0.05) is 36.4 Å². The van der Waals surface area contributed by atoms with Gasteiger partial charge in [-0.25, -0.2) is 9.18 Å². The second kappa shape index (κ2) is 8.72. The summed E-state index contributed by atoms with van der Waals surface area (Å²) in [6.45, 7) is 0.361. The van der Waals surface area contributed by atoms with Gasteiger partial charge in [-0.3, -0.25) is 4.79 Å². The lowest BCUT2D eigenvalue weighted by atomic mass is 10.1. The minimum Gasteiger partial charge on any atom is -0.451 e. The highest BCUT2D eigenvalue weighted by Crippen LogP contribution is 2.34. The molecule has 6 nitrogen and oxygen atoms in total. The third-order valence-corrected chi connectivity index (χ3v) is 4.38. The molecule has 8 heteroatoms. The molecule has 1 heterocycles. The monoisotopic (exact) mass is 355 g/mol. The fourth-order valence-corrected chi connectivity index (χ4v) is 3.27. The molecular weight excluding hydrogens is 337 g/mol. The summed E-state index contributed by atoms with van der Waals surface area (Å²) in [5, 5.41) is 2.89. The molecule has 0 fully saturated rings. The molecule has 1 amide bonds. The van der Waals surface area contributed by atoms with E-state index in [1.165, 1.54) is 20.3 Å². The number of carbonyl (C=O) groups is 2. The van der Waals surface area contributed by atoms with E-state index in [9.17, 15) is 14.0 Å². The van der Waals surface area contributed by atoms with Gasteiger partial charge in [0.05, 0.1) is 13.2 Å². The highest BCUT2D eigenvalue weighted by atomic mass is 32.1. The summed E-state index contributed by atoms with van der Waals surface area (Å²) in [4.78, 5) is 24.1. The lowest BCUT2D eigenvalue weighted by molar-refractivity contribution is -0.124. The summed E-state index contributed by atoms with van der Waals surface area (Å²) >= 11 is 1.11. The number of ether oxygens (including phenoxy) is 3. The maximum atomic E-state index is 14.1. The predicted octanol–water partition coefficient (Wildman–Crippen LogP) is 2.11. The summed E-state index contributed by atoms with van der Waals surface area (Å²) in [7, 11) is 2.98. The molecular formula is C16H18FNO5S. The van der Waals surface area contributed by atoms with Gasteiger partial charge in [0.15, 0.2) is 6.61 Å². The number of hydrogen-bond acceptors (Lipinski definition) is 6. The van der Waals surface area contributed by atoms with Crippen LogP contribution in [0.25, 0.3) is 10.1 Å². The van der Waals surface area contributed by atoms with E-state index in [4.69, 9.17) is 14.2 Å². The Morgan fingerprint density at radius 2 is 2.04 bits per heavy atom. The maximum Gasteiger partial charge on any atom is 0.349 e. The molecule has 0 unspecified atom stereocenters. The Balaban J connectivity index is 2.13. The Bertz CT molecular complexity index is 731. The van der Waals surface area contributed by atoms with Crippen molar-refractivity contribution in [3.05, 3.63) is 34.5 Å². The lowest BCUT2D eigenvalue weighted by Gasteiger charge is -2.07. The van der Waals surface area contributed by atoms with Crippen molar-refractivity contribution in [2.75, 3.05) is 34.0 Å². The SMILES string of the molecule is COCCNC(=O)COC(=O)c1sc2cccc(F)c2c1COC. The van der Waals surface area contributed by atoms with E-state index < -0.39 is 24.3 Å². The number of amides is 1. The molecule has 1 aromatic heterocycles. The number of fused-ring (bicyclic) bond motifs is 1. The zero-order chi connectivity index (χ0) is 17.5. The summed E-state index contributed by atoms with van der Waals surface area (Å²) in [5.41, 5.74) is 0.431. The van der Waals surface area contributed by atoms with Crippen molar-refractivity contribution in [2.45, 2.75) is 6.61 Å². The number of thiophene rings is 1. The molecule has 130 valence electrons. The van der Waals surface area contributed by atoms with Gasteiger partial charge in [-0.05, 0) is 12.1 Å². The van der Waals surface area contributed by atoms with Crippen LogP contribution in [0.3, 0.4) is 0 Å². The number of esters is 1. The fraction of sp³-hybridized carbons (Fsp3) is 0.375. The molecule has 0 aliphatic carbocycles. The van der Waals surface area contributed by atoms with Crippen molar-refractivity contribution in [3.8, 4) is 0 Å². The largest absolute Gasteiger partial charge is 0.451 e. The molecule has 0 spiro atoms. The number of nitrogens with one attached hydrogen (secondary N) is 1. The van der Waals surface area contributed by atoms with Gasteiger partial charge in [-0.15, -0.1) is 11.3 Å². The third kappa shape index (κ3) is 4.28. The minimum atomic E-state index is -0.676. The van der Waals surface area contributed by atoms with Crippen molar-refractivity contribution in [3.63, 3.8) is 0 Å². The highest BCUT2D eigenvalue weighted by Gasteiger charge is 2.22. The van der Waals surface area contributed by atoms with Crippen LogP contribution in [0.15, 0.2) is 18.2 Å². The van der Waals surface area contributed by atoms with Gasteiger partial charge in [-0.2, -0.15) is 0 Å². The average Bonchev–Trinajstić information content (AvgIpc) is 2.93. The Morgan fingerprint density at radius 1 is 1.25 bits per heavy atom. The van der Waals surface area contributed by atoms with E-state index in [2.05, 4.69) is 5.32 Å². The van der Waals surface area contributed by atoms with E-state index in [0.717, 1.165) is 11.3 Å². The summed E-state index contributed by atoms with van der Waals surface area (Å²) < 4.78 is 29.6. The lowest BCUT2D eigenvalue weighted by Crippen LogP contribution is -2.31. The average molecular weight is 355 g/mol. The first-order valence-electron chi connectivity index (χ1n) is 7.20. The molecule has 1 aromatic carbocycles. The van der Waals surface area contributed by atoms with Crippen LogP contribution in [-0.2, 0) is 25.6 Å². The first-order valence-corrected chi connectivity index (χ1v) is 8.01. The van der Waals surface area contributed by atoms with E-state index >= 15 is 0 Å². The molecule has 0 radical (unpaired) electrons. The van der Waals surface area contributed by atoms with Gasteiger partial charge in [0.1, 0.15) is 10.7 Å². The van der Waals surface area contributed by atoms with Gasteiger partial charge in [-0.1, -0.05) is 6.07 Å². The summed E-state index contributed by atoms with van der Waals surface area (Å²) in [6, 6.07) is 4.62. The van der Waals surface area contributed by atoms with Crippen LogP contribution >= 0.6 is 11.3 Å². The highest BCUT2D eigenvalue weighted by molar-refractivity contribution is 7.21. The molecule has 0 aliphatic heterocycles. The summed E-state index contributed by atoms with van der Waals surface area (Å²) in [6.07, 6.45) is 0. The number of rotatable bonds is 8. The normalized spacial score (nSPS) is 10.8. The molecule has 0 bridgehead atoms. The summed E-state index contributed by atoms with van der Waals surface area (Å²) in [5.74, 6) is -1.53. The number of benzene rings is 1. The Kier molecular flexibility index (Phi) is 6.65. The second-order valence-corrected chi connectivity index (χ2v) is 5.93. The maximum absolute atomic E-state index is 14.1. The zero-order valence-corrected chi connectivity index (χ0v) is 14.2. The van der Waals surface area contributed by atoms with Crippen molar-refractivity contribution in [2.24, 2.45) is 0 Å². The molecule has 1 N–H and O–H groups in total. The zero-order valence-electron chi connectivity index (χ0n) is 13.4. The Morgan fingerprint density at radius 3 is 2.75 bits per heavy atom. The number of hydrogen-bond donors (Lipinski definition) is 1. The van der Waals surface area contributed by atoms with Crippen LogP contribution in [0.2, 0.25) is 0 Å². The molecule has 24 heavy (non-hydrogen) atoms. The van der Waals surface area contributed by atoms with Crippen molar-refractivity contribution in [1.29, 1.82) is 0 Å². The van der Waals surface area contributed by atoms with Gasteiger partial charge < -0.3 is 19.5 Å². The Hall–Kier alpha value is -2.03. The van der Waals surface area contributed by atoms with E-state index in [0.29, 0.717) is 28.8 Å². The number of halogens is 1. The fourth-order valence-electron chi connectivity index (χ4n) is 2.15. The van der Waals surface area contributed by atoms with Crippen molar-refractivity contribution >= 4 is 33.3 Å².